The van der Waals surface area contributed by atoms with Gasteiger partial charge in [0, 0.05) is 32.4 Å². The van der Waals surface area contributed by atoms with Crippen molar-refractivity contribution < 1.29 is 17.5 Å². The molecular formula is C21H23FN6O3S. The van der Waals surface area contributed by atoms with Gasteiger partial charge in [-0.2, -0.15) is 4.31 Å². The van der Waals surface area contributed by atoms with Crippen LogP contribution in [-0.4, -0.2) is 61.2 Å². The Bertz CT molecular complexity index is 1200. The fraction of sp³-hybridized carbons (Fsp3) is 0.286. The second kappa shape index (κ2) is 9.05. The van der Waals surface area contributed by atoms with Gasteiger partial charge < -0.3 is 15.0 Å². The topological polar surface area (TPSA) is 101 Å². The Hall–Kier alpha value is -3.31. The Morgan fingerprint density at radius 1 is 1.00 bits per heavy atom. The number of halogens is 1. The van der Waals surface area contributed by atoms with Crippen LogP contribution in [0.3, 0.4) is 0 Å². The smallest absolute Gasteiger partial charge is 0.246 e. The van der Waals surface area contributed by atoms with Crippen molar-refractivity contribution in [3.8, 4) is 5.75 Å². The molecule has 9 nitrogen and oxygen atoms in total. The van der Waals surface area contributed by atoms with Crippen molar-refractivity contribution in [3.05, 3.63) is 60.0 Å². The van der Waals surface area contributed by atoms with Crippen LogP contribution < -0.4 is 15.0 Å². The van der Waals surface area contributed by atoms with Crippen molar-refractivity contribution in [2.75, 3.05) is 43.5 Å². The first-order chi connectivity index (χ1) is 15.4. The number of hydrogen-bond acceptors (Lipinski definition) is 8. The highest BCUT2D eigenvalue weighted by molar-refractivity contribution is 7.89. The summed E-state index contributed by atoms with van der Waals surface area (Å²) in [5.41, 5.74) is 1.08. The largest absolute Gasteiger partial charge is 0.495 e. The van der Waals surface area contributed by atoms with Crippen molar-refractivity contribution in [2.24, 2.45) is 0 Å². The summed E-state index contributed by atoms with van der Waals surface area (Å²) in [6.45, 7) is 3.30. The van der Waals surface area contributed by atoms with Crippen LogP contribution in [0.4, 0.5) is 21.8 Å². The third-order valence-corrected chi connectivity index (χ3v) is 7.05. The van der Waals surface area contributed by atoms with Crippen LogP contribution in [0.25, 0.3) is 0 Å². The zero-order valence-electron chi connectivity index (χ0n) is 17.7. The molecule has 1 saturated heterocycles. The van der Waals surface area contributed by atoms with E-state index in [1.807, 2.05) is 30.0 Å². The lowest BCUT2D eigenvalue weighted by atomic mass is 10.3. The molecule has 1 aromatic carbocycles. The molecule has 0 saturated carbocycles. The lowest BCUT2D eigenvalue weighted by Gasteiger charge is -2.34. The number of aromatic nitrogens is 3. The molecule has 1 N–H and O–H groups in total. The Balaban J connectivity index is 1.42. The van der Waals surface area contributed by atoms with E-state index < -0.39 is 15.8 Å². The summed E-state index contributed by atoms with van der Waals surface area (Å²) in [5.74, 6) is 1.37. The first-order valence-corrected chi connectivity index (χ1v) is 11.4. The lowest BCUT2D eigenvalue weighted by molar-refractivity contribution is 0.372. The second-order valence-corrected chi connectivity index (χ2v) is 9.21. The molecule has 4 rings (SSSR count). The summed E-state index contributed by atoms with van der Waals surface area (Å²) in [4.78, 5) is 6.02. The molecule has 1 aliphatic rings. The molecule has 1 aliphatic heterocycles. The molecule has 3 heterocycles. The van der Waals surface area contributed by atoms with Gasteiger partial charge in [0.15, 0.2) is 11.6 Å². The Morgan fingerprint density at radius 2 is 1.78 bits per heavy atom. The highest BCUT2D eigenvalue weighted by Crippen LogP contribution is 2.28. The summed E-state index contributed by atoms with van der Waals surface area (Å²) in [7, 11) is -2.53. The van der Waals surface area contributed by atoms with Gasteiger partial charge in [-0.25, -0.2) is 17.8 Å². The minimum Gasteiger partial charge on any atom is -0.495 e. The molecular weight excluding hydrogens is 435 g/mol. The fourth-order valence-electron chi connectivity index (χ4n) is 3.45. The van der Waals surface area contributed by atoms with Gasteiger partial charge in [0.05, 0.1) is 7.11 Å². The number of rotatable bonds is 6. The SMILES string of the molecule is COc1ccc(F)cc1S(=O)(=O)N1CCN(c2ccc(Nc3cc(C)ccn3)nn2)CC1. The second-order valence-electron chi connectivity index (χ2n) is 7.31. The fourth-order valence-corrected chi connectivity index (χ4v) is 5.03. The van der Waals surface area contributed by atoms with E-state index >= 15 is 0 Å². The van der Waals surface area contributed by atoms with Gasteiger partial charge in [-0.05, 0) is 55.0 Å². The molecule has 0 atom stereocenters. The van der Waals surface area contributed by atoms with E-state index in [1.54, 1.807) is 12.3 Å². The Kier molecular flexibility index (Phi) is 6.19. The molecule has 168 valence electrons. The predicted molar refractivity (Wildman–Crippen MR) is 118 cm³/mol. The molecule has 0 amide bonds. The summed E-state index contributed by atoms with van der Waals surface area (Å²) in [5, 5.41) is 11.5. The number of benzene rings is 1. The summed E-state index contributed by atoms with van der Waals surface area (Å²) in [6.07, 6.45) is 1.71. The van der Waals surface area contributed by atoms with Crippen LogP contribution in [0.2, 0.25) is 0 Å². The molecule has 0 spiro atoms. The van der Waals surface area contributed by atoms with Crippen molar-refractivity contribution in [2.45, 2.75) is 11.8 Å². The normalized spacial score (nSPS) is 14.9. The minimum atomic E-state index is -3.89. The molecule has 0 radical (unpaired) electrons. The third kappa shape index (κ3) is 4.63. The minimum absolute atomic E-state index is 0.117. The van der Waals surface area contributed by atoms with Gasteiger partial charge in [0.2, 0.25) is 10.0 Å². The highest BCUT2D eigenvalue weighted by Gasteiger charge is 2.31. The summed E-state index contributed by atoms with van der Waals surface area (Å²) < 4.78 is 46.2. The quantitative estimate of drug-likeness (QED) is 0.602. The maximum absolute atomic E-state index is 13.7. The van der Waals surface area contributed by atoms with Crippen LogP contribution in [0.15, 0.2) is 53.6 Å². The average Bonchev–Trinajstić information content (AvgIpc) is 2.80. The maximum atomic E-state index is 13.7. The van der Waals surface area contributed by atoms with Crippen LogP contribution in [0, 0.1) is 12.7 Å². The van der Waals surface area contributed by atoms with Gasteiger partial charge in [-0.3, -0.25) is 0 Å². The molecule has 0 bridgehead atoms. The number of ether oxygens (including phenoxy) is 1. The molecule has 3 aromatic rings. The summed E-state index contributed by atoms with van der Waals surface area (Å²) >= 11 is 0. The van der Waals surface area contributed by atoms with E-state index in [-0.39, 0.29) is 23.7 Å². The predicted octanol–water partition coefficient (Wildman–Crippen LogP) is 2.58. The van der Waals surface area contributed by atoms with Gasteiger partial charge in [0.1, 0.15) is 22.3 Å². The van der Waals surface area contributed by atoms with Crippen molar-refractivity contribution in [1.82, 2.24) is 19.5 Å². The number of anilines is 3. The monoisotopic (exact) mass is 458 g/mol. The van der Waals surface area contributed by atoms with E-state index in [0.29, 0.717) is 30.5 Å². The number of hydrogen-bond donors (Lipinski definition) is 1. The molecule has 11 heteroatoms. The van der Waals surface area contributed by atoms with Gasteiger partial charge in [0.25, 0.3) is 0 Å². The van der Waals surface area contributed by atoms with E-state index in [4.69, 9.17) is 4.74 Å². The lowest BCUT2D eigenvalue weighted by Crippen LogP contribution is -2.49. The van der Waals surface area contributed by atoms with E-state index in [2.05, 4.69) is 20.5 Å². The average molecular weight is 459 g/mol. The van der Waals surface area contributed by atoms with Gasteiger partial charge in [-0.15, -0.1) is 10.2 Å². The number of aryl methyl sites for hydroxylation is 1. The van der Waals surface area contributed by atoms with Crippen LogP contribution in [-0.2, 0) is 10.0 Å². The number of nitrogens with zero attached hydrogens (tertiary/aromatic N) is 5. The van der Waals surface area contributed by atoms with Crippen LogP contribution in [0.5, 0.6) is 5.75 Å². The third-order valence-electron chi connectivity index (χ3n) is 5.13. The van der Waals surface area contributed by atoms with Crippen molar-refractivity contribution >= 4 is 27.5 Å². The molecule has 0 unspecified atom stereocenters. The standard InChI is InChI=1S/C21H23FN6O3S/c1-15-7-8-23-20(13-15)24-19-5-6-21(26-25-19)27-9-11-28(12-10-27)32(29,30)18-14-16(22)3-4-17(18)31-2/h3-8,13-14H,9-12H2,1-2H3,(H,23,24,25). The molecule has 1 fully saturated rings. The van der Waals surface area contributed by atoms with Crippen molar-refractivity contribution in [1.29, 1.82) is 0 Å². The Labute approximate surface area is 185 Å². The molecule has 2 aromatic heterocycles. The molecule has 0 aliphatic carbocycles. The van der Waals surface area contributed by atoms with Gasteiger partial charge >= 0.3 is 0 Å². The van der Waals surface area contributed by atoms with Crippen LogP contribution >= 0.6 is 0 Å². The molecule has 32 heavy (non-hydrogen) atoms. The maximum Gasteiger partial charge on any atom is 0.246 e. The van der Waals surface area contributed by atoms with Gasteiger partial charge in [-0.1, -0.05) is 0 Å². The van der Waals surface area contributed by atoms with Crippen LogP contribution in [0.1, 0.15) is 5.56 Å². The number of pyridine rings is 1. The number of nitrogens with one attached hydrogen (secondary N) is 1. The number of methoxy groups -OCH3 is 1. The first-order valence-electron chi connectivity index (χ1n) is 9.99. The number of piperazine rings is 1. The zero-order chi connectivity index (χ0) is 22.7. The number of sulfonamides is 1. The first kappa shape index (κ1) is 21.9. The Morgan fingerprint density at radius 3 is 2.44 bits per heavy atom. The van der Waals surface area contributed by atoms with E-state index in [0.717, 1.165) is 11.6 Å². The van der Waals surface area contributed by atoms with Crippen molar-refractivity contribution in [3.63, 3.8) is 0 Å². The van der Waals surface area contributed by atoms with E-state index in [9.17, 15) is 12.8 Å². The summed E-state index contributed by atoms with van der Waals surface area (Å²) in [6, 6.07) is 10.9. The van der Waals surface area contributed by atoms with E-state index in [1.165, 1.54) is 23.5 Å². The zero-order valence-corrected chi connectivity index (χ0v) is 18.5. The highest BCUT2D eigenvalue weighted by atomic mass is 32.2.